The summed E-state index contributed by atoms with van der Waals surface area (Å²) in [5.41, 5.74) is 1.28. The number of ether oxygens (including phenoxy) is 1. The lowest BCUT2D eigenvalue weighted by molar-refractivity contribution is -0.139. The summed E-state index contributed by atoms with van der Waals surface area (Å²) >= 11 is 0. The molecule has 0 N–H and O–H groups in total. The molecule has 19 heavy (non-hydrogen) atoms. The minimum atomic E-state index is 0.179. The highest BCUT2D eigenvalue weighted by Gasteiger charge is 2.34. The number of amides is 1. The van der Waals surface area contributed by atoms with Crippen LogP contribution in [0, 0.1) is 5.92 Å². The van der Waals surface area contributed by atoms with Crippen molar-refractivity contribution < 1.29 is 9.53 Å². The van der Waals surface area contributed by atoms with Gasteiger partial charge in [0.25, 0.3) is 0 Å². The first-order valence-electron chi connectivity index (χ1n) is 7.29. The second-order valence-electron chi connectivity index (χ2n) is 5.49. The Morgan fingerprint density at radius 2 is 1.84 bits per heavy atom. The van der Waals surface area contributed by atoms with Crippen molar-refractivity contribution in [1.29, 1.82) is 0 Å². The summed E-state index contributed by atoms with van der Waals surface area (Å²) in [4.78, 5) is 14.8. The Morgan fingerprint density at radius 3 is 2.58 bits per heavy atom. The molecule has 1 atom stereocenters. The molecule has 0 radical (unpaired) electrons. The van der Waals surface area contributed by atoms with Crippen LogP contribution in [-0.4, -0.2) is 30.6 Å². The van der Waals surface area contributed by atoms with Gasteiger partial charge in [0.05, 0.1) is 6.04 Å². The van der Waals surface area contributed by atoms with E-state index in [4.69, 9.17) is 4.74 Å². The van der Waals surface area contributed by atoms with Gasteiger partial charge >= 0.3 is 0 Å². The molecule has 1 unspecified atom stereocenters. The van der Waals surface area contributed by atoms with Crippen LogP contribution in [-0.2, 0) is 9.53 Å². The summed E-state index contributed by atoms with van der Waals surface area (Å²) in [6, 6.07) is 10.7. The fourth-order valence-electron chi connectivity index (χ4n) is 3.23. The molecule has 1 aromatic carbocycles. The predicted molar refractivity (Wildman–Crippen MR) is 73.7 cm³/mol. The van der Waals surface area contributed by atoms with E-state index in [1.54, 1.807) is 0 Å². The van der Waals surface area contributed by atoms with Crippen LogP contribution in [0.1, 0.15) is 37.3 Å². The Balaban J connectivity index is 1.74. The van der Waals surface area contributed by atoms with Gasteiger partial charge in [-0.15, -0.1) is 0 Å². The molecule has 0 aliphatic carbocycles. The predicted octanol–water partition coefficient (Wildman–Crippen LogP) is 2.78. The Morgan fingerprint density at radius 1 is 1.11 bits per heavy atom. The van der Waals surface area contributed by atoms with Gasteiger partial charge in [-0.05, 0) is 31.2 Å². The maximum absolute atomic E-state index is 12.7. The first kappa shape index (κ1) is 12.7. The van der Waals surface area contributed by atoms with Crippen LogP contribution in [0.15, 0.2) is 30.3 Å². The molecule has 0 saturated carbocycles. The zero-order valence-corrected chi connectivity index (χ0v) is 11.3. The highest BCUT2D eigenvalue weighted by atomic mass is 16.5. The molecule has 2 aliphatic rings. The maximum atomic E-state index is 12.7. The molecule has 3 heteroatoms. The topological polar surface area (TPSA) is 29.5 Å². The van der Waals surface area contributed by atoms with Crippen LogP contribution in [0.25, 0.3) is 0 Å². The zero-order valence-electron chi connectivity index (χ0n) is 11.3. The van der Waals surface area contributed by atoms with Crippen LogP contribution in [0.2, 0.25) is 0 Å². The molecule has 3 nitrogen and oxygen atoms in total. The molecular formula is C16H21NO2. The standard InChI is InChI=1S/C16H21NO2/c18-16(14-8-11-19-12-9-14)17-10-4-7-15(17)13-5-2-1-3-6-13/h1-3,5-6,14-15H,4,7-12H2. The van der Waals surface area contributed by atoms with Crippen molar-refractivity contribution in [3.63, 3.8) is 0 Å². The SMILES string of the molecule is O=C(C1CCOCC1)N1CCCC1c1ccccc1. The van der Waals surface area contributed by atoms with Crippen molar-refractivity contribution in [2.24, 2.45) is 5.92 Å². The number of rotatable bonds is 2. The quantitative estimate of drug-likeness (QED) is 0.817. The van der Waals surface area contributed by atoms with E-state index in [0.29, 0.717) is 5.91 Å². The third kappa shape index (κ3) is 2.66. The summed E-state index contributed by atoms with van der Waals surface area (Å²) in [6.07, 6.45) is 3.99. The van der Waals surface area contributed by atoms with Gasteiger partial charge in [-0.2, -0.15) is 0 Å². The average Bonchev–Trinajstić information content (AvgIpc) is 2.98. The van der Waals surface area contributed by atoms with E-state index in [0.717, 1.165) is 45.4 Å². The molecule has 2 aliphatic heterocycles. The smallest absolute Gasteiger partial charge is 0.226 e. The highest BCUT2D eigenvalue weighted by Crippen LogP contribution is 2.34. The second kappa shape index (κ2) is 5.74. The minimum Gasteiger partial charge on any atom is -0.381 e. The highest BCUT2D eigenvalue weighted by molar-refractivity contribution is 5.79. The summed E-state index contributed by atoms with van der Waals surface area (Å²) in [6.45, 7) is 2.39. The Hall–Kier alpha value is -1.35. The van der Waals surface area contributed by atoms with E-state index in [2.05, 4.69) is 29.2 Å². The Labute approximate surface area is 114 Å². The van der Waals surface area contributed by atoms with E-state index in [1.165, 1.54) is 5.56 Å². The molecule has 1 amide bonds. The molecule has 3 rings (SSSR count). The molecule has 0 aromatic heterocycles. The molecule has 2 fully saturated rings. The van der Waals surface area contributed by atoms with Crippen LogP contribution in [0.4, 0.5) is 0 Å². The minimum absolute atomic E-state index is 0.179. The molecule has 1 aromatic rings. The first-order chi connectivity index (χ1) is 9.36. The lowest BCUT2D eigenvalue weighted by Crippen LogP contribution is -2.38. The summed E-state index contributed by atoms with van der Waals surface area (Å²) < 4.78 is 5.35. The van der Waals surface area contributed by atoms with E-state index >= 15 is 0 Å². The number of carbonyl (C=O) groups excluding carboxylic acids is 1. The third-order valence-electron chi connectivity index (χ3n) is 4.29. The summed E-state index contributed by atoms with van der Waals surface area (Å²) in [5, 5.41) is 0. The van der Waals surface area contributed by atoms with Gasteiger partial charge < -0.3 is 9.64 Å². The first-order valence-corrected chi connectivity index (χ1v) is 7.29. The van der Waals surface area contributed by atoms with Crippen molar-refractivity contribution in [3.05, 3.63) is 35.9 Å². The lowest BCUT2D eigenvalue weighted by atomic mass is 9.97. The lowest BCUT2D eigenvalue weighted by Gasteiger charge is -2.30. The molecule has 0 spiro atoms. The van der Waals surface area contributed by atoms with Crippen LogP contribution >= 0.6 is 0 Å². The van der Waals surface area contributed by atoms with Crippen LogP contribution in [0.5, 0.6) is 0 Å². The monoisotopic (exact) mass is 259 g/mol. The third-order valence-corrected chi connectivity index (χ3v) is 4.29. The number of likely N-dealkylation sites (tertiary alicyclic amines) is 1. The van der Waals surface area contributed by atoms with Crippen molar-refractivity contribution >= 4 is 5.91 Å². The number of nitrogens with zero attached hydrogens (tertiary/aromatic N) is 1. The molecule has 102 valence electrons. The van der Waals surface area contributed by atoms with E-state index < -0.39 is 0 Å². The Kier molecular flexibility index (Phi) is 3.83. The van der Waals surface area contributed by atoms with Gasteiger partial charge in [0.2, 0.25) is 5.91 Å². The fraction of sp³-hybridized carbons (Fsp3) is 0.562. The number of hydrogen-bond donors (Lipinski definition) is 0. The van der Waals surface area contributed by atoms with E-state index in [9.17, 15) is 4.79 Å². The molecule has 2 saturated heterocycles. The summed E-state index contributed by atoms with van der Waals surface area (Å²) in [7, 11) is 0. The maximum Gasteiger partial charge on any atom is 0.226 e. The largest absolute Gasteiger partial charge is 0.381 e. The van der Waals surface area contributed by atoms with Gasteiger partial charge in [-0.25, -0.2) is 0 Å². The second-order valence-corrected chi connectivity index (χ2v) is 5.49. The van der Waals surface area contributed by atoms with Crippen molar-refractivity contribution in [1.82, 2.24) is 4.90 Å². The van der Waals surface area contributed by atoms with Crippen molar-refractivity contribution in [2.75, 3.05) is 19.8 Å². The van der Waals surface area contributed by atoms with Gasteiger partial charge in [-0.3, -0.25) is 4.79 Å². The number of benzene rings is 1. The van der Waals surface area contributed by atoms with Gasteiger partial charge in [0.1, 0.15) is 0 Å². The average molecular weight is 259 g/mol. The van der Waals surface area contributed by atoms with Crippen molar-refractivity contribution in [2.45, 2.75) is 31.7 Å². The number of hydrogen-bond acceptors (Lipinski definition) is 2. The summed E-state index contributed by atoms with van der Waals surface area (Å²) in [5.74, 6) is 0.521. The van der Waals surface area contributed by atoms with Crippen LogP contribution < -0.4 is 0 Å². The Bertz CT molecular complexity index is 426. The molecular weight excluding hydrogens is 238 g/mol. The zero-order chi connectivity index (χ0) is 13.1. The normalized spacial score (nSPS) is 24.6. The van der Waals surface area contributed by atoms with Gasteiger partial charge in [0.15, 0.2) is 0 Å². The van der Waals surface area contributed by atoms with E-state index in [-0.39, 0.29) is 12.0 Å². The van der Waals surface area contributed by atoms with Gasteiger partial charge in [-0.1, -0.05) is 30.3 Å². The molecule has 0 bridgehead atoms. The van der Waals surface area contributed by atoms with Gasteiger partial charge in [0, 0.05) is 25.7 Å². The fourth-order valence-corrected chi connectivity index (χ4v) is 3.23. The van der Waals surface area contributed by atoms with E-state index in [1.807, 2.05) is 6.07 Å². The van der Waals surface area contributed by atoms with Crippen molar-refractivity contribution in [3.8, 4) is 0 Å². The number of carbonyl (C=O) groups is 1. The molecule has 2 heterocycles. The van der Waals surface area contributed by atoms with Crippen LogP contribution in [0.3, 0.4) is 0 Å².